The van der Waals surface area contributed by atoms with E-state index in [2.05, 4.69) is 14.9 Å². The maximum atomic E-state index is 13.6. The highest BCUT2D eigenvalue weighted by Crippen LogP contribution is 2.35. The predicted molar refractivity (Wildman–Crippen MR) is 152 cm³/mol. The Bertz CT molecular complexity index is 1490. The minimum absolute atomic E-state index is 0.127. The molecular weight excluding hydrogens is 543 g/mol. The van der Waals surface area contributed by atoms with Crippen molar-refractivity contribution >= 4 is 55.2 Å². The molecule has 5 rings (SSSR count). The highest BCUT2D eigenvalue weighted by molar-refractivity contribution is 7.94. The number of hydrogen-bond donors (Lipinski definition) is 1. The summed E-state index contributed by atoms with van der Waals surface area (Å²) >= 11 is 2.83. The van der Waals surface area contributed by atoms with E-state index in [0.717, 1.165) is 59.2 Å². The van der Waals surface area contributed by atoms with Gasteiger partial charge in [-0.1, -0.05) is 18.2 Å². The molecule has 1 aliphatic rings. The van der Waals surface area contributed by atoms with Crippen LogP contribution in [0.5, 0.6) is 0 Å². The number of amides is 1. The van der Waals surface area contributed by atoms with Crippen LogP contribution in [0.15, 0.2) is 52.2 Å². The monoisotopic (exact) mass is 573 g/mol. The van der Waals surface area contributed by atoms with E-state index in [1.54, 1.807) is 35.8 Å². The number of piperazine rings is 1. The van der Waals surface area contributed by atoms with E-state index in [1.807, 2.05) is 42.3 Å². The van der Waals surface area contributed by atoms with E-state index in [0.29, 0.717) is 23.1 Å². The Labute approximate surface area is 230 Å². The number of aromatic amines is 1. The number of aromatic nitrogens is 2. The fraction of sp³-hybridized carbons (Fsp3) is 0.385. The first-order chi connectivity index (χ1) is 18.4. The van der Waals surface area contributed by atoms with Crippen molar-refractivity contribution in [2.45, 2.75) is 24.6 Å². The second kappa shape index (κ2) is 11.5. The molecular formula is C26H31N5O4S3. The lowest BCUT2D eigenvalue weighted by molar-refractivity contribution is -0.130. The van der Waals surface area contributed by atoms with Crippen LogP contribution in [0.1, 0.15) is 18.7 Å². The Morgan fingerprint density at radius 2 is 2.00 bits per heavy atom. The SMILES string of the molecule is CCOCCN(c1cccc2cc(-c3ncc(CN4CCN(C(C)=O)CC4)s3)[nH]c12)S(=O)(=O)c1cccs1. The number of anilines is 1. The lowest BCUT2D eigenvalue weighted by atomic mass is 10.2. The molecule has 0 unspecified atom stereocenters. The molecule has 38 heavy (non-hydrogen) atoms. The molecule has 202 valence electrons. The normalized spacial score (nSPS) is 14.8. The summed E-state index contributed by atoms with van der Waals surface area (Å²) in [6, 6.07) is 11.1. The number of para-hydroxylation sites is 1. The van der Waals surface area contributed by atoms with E-state index in [4.69, 9.17) is 4.74 Å². The van der Waals surface area contributed by atoms with E-state index >= 15 is 0 Å². The molecule has 1 aliphatic heterocycles. The van der Waals surface area contributed by atoms with Crippen molar-refractivity contribution in [3.05, 3.63) is 52.9 Å². The quantitative estimate of drug-likeness (QED) is 0.285. The molecule has 4 aromatic rings. The molecule has 0 spiro atoms. The Balaban J connectivity index is 1.40. The van der Waals surface area contributed by atoms with Crippen molar-refractivity contribution in [1.82, 2.24) is 19.8 Å². The van der Waals surface area contributed by atoms with Gasteiger partial charge in [0.2, 0.25) is 5.91 Å². The zero-order chi connectivity index (χ0) is 26.7. The van der Waals surface area contributed by atoms with Gasteiger partial charge in [0.15, 0.2) is 0 Å². The average Bonchev–Trinajstić information content (AvgIpc) is 3.68. The first kappa shape index (κ1) is 26.8. The van der Waals surface area contributed by atoms with Crippen LogP contribution >= 0.6 is 22.7 Å². The number of thiophene rings is 1. The highest BCUT2D eigenvalue weighted by Gasteiger charge is 2.28. The molecule has 1 amide bonds. The number of carbonyl (C=O) groups is 1. The predicted octanol–water partition coefficient (Wildman–Crippen LogP) is 4.25. The smallest absolute Gasteiger partial charge is 0.273 e. The number of fused-ring (bicyclic) bond motifs is 1. The lowest BCUT2D eigenvalue weighted by Crippen LogP contribution is -2.47. The van der Waals surface area contributed by atoms with Gasteiger partial charge < -0.3 is 14.6 Å². The molecule has 0 atom stereocenters. The van der Waals surface area contributed by atoms with Crippen LogP contribution in [-0.2, 0) is 26.1 Å². The topological polar surface area (TPSA) is 98.8 Å². The molecule has 1 aromatic carbocycles. The maximum Gasteiger partial charge on any atom is 0.273 e. The molecule has 3 aromatic heterocycles. The number of ether oxygens (including phenoxy) is 1. The van der Waals surface area contributed by atoms with Crippen LogP contribution < -0.4 is 4.31 Å². The minimum Gasteiger partial charge on any atom is -0.380 e. The van der Waals surface area contributed by atoms with Crippen molar-refractivity contribution in [1.29, 1.82) is 0 Å². The Hall–Kier alpha value is -2.77. The van der Waals surface area contributed by atoms with Gasteiger partial charge in [-0.05, 0) is 30.5 Å². The van der Waals surface area contributed by atoms with Gasteiger partial charge in [-0.25, -0.2) is 13.4 Å². The number of thiazole rings is 1. The Morgan fingerprint density at radius 1 is 1.18 bits per heavy atom. The van der Waals surface area contributed by atoms with Crippen LogP contribution in [0.2, 0.25) is 0 Å². The number of nitrogens with one attached hydrogen (secondary N) is 1. The van der Waals surface area contributed by atoms with Gasteiger partial charge in [-0.15, -0.1) is 22.7 Å². The second-order valence-electron chi connectivity index (χ2n) is 9.04. The molecule has 12 heteroatoms. The zero-order valence-corrected chi connectivity index (χ0v) is 23.9. The minimum atomic E-state index is -3.75. The van der Waals surface area contributed by atoms with Crippen molar-refractivity contribution in [3.63, 3.8) is 0 Å². The van der Waals surface area contributed by atoms with Gasteiger partial charge in [-0.2, -0.15) is 0 Å². The van der Waals surface area contributed by atoms with E-state index in [9.17, 15) is 13.2 Å². The van der Waals surface area contributed by atoms with Crippen LogP contribution in [0.25, 0.3) is 21.6 Å². The van der Waals surface area contributed by atoms with Crippen molar-refractivity contribution in [3.8, 4) is 10.7 Å². The standard InChI is InChI=1S/C26H31N5O4S3/c1-3-35-14-13-31(38(33,34)24-8-5-15-36-24)23-7-4-6-20-16-22(28-25(20)23)26-27-17-21(37-26)18-29-9-11-30(12-10-29)19(2)32/h4-8,15-17,28H,3,9-14,18H2,1-2H3. The molecule has 0 bridgehead atoms. The van der Waals surface area contributed by atoms with Gasteiger partial charge in [0.1, 0.15) is 9.22 Å². The summed E-state index contributed by atoms with van der Waals surface area (Å²) in [6.45, 7) is 8.51. The fourth-order valence-corrected chi connectivity index (χ4v) is 8.08. The molecule has 9 nitrogen and oxygen atoms in total. The van der Waals surface area contributed by atoms with Crippen LogP contribution in [0.4, 0.5) is 5.69 Å². The molecule has 1 N–H and O–H groups in total. The van der Waals surface area contributed by atoms with Crippen molar-refractivity contribution in [2.75, 3.05) is 50.2 Å². The van der Waals surface area contributed by atoms with Gasteiger partial charge in [0, 0.05) is 62.7 Å². The number of carbonyl (C=O) groups excluding carboxylic acids is 1. The third-order valence-electron chi connectivity index (χ3n) is 6.57. The number of H-pyrrole nitrogens is 1. The summed E-state index contributed by atoms with van der Waals surface area (Å²) in [5.41, 5.74) is 2.18. The van der Waals surface area contributed by atoms with E-state index < -0.39 is 10.0 Å². The van der Waals surface area contributed by atoms with Crippen LogP contribution in [0, 0.1) is 0 Å². The Morgan fingerprint density at radius 3 is 2.71 bits per heavy atom. The number of sulfonamides is 1. The van der Waals surface area contributed by atoms with Crippen LogP contribution in [-0.4, -0.2) is 80.0 Å². The Kier molecular flexibility index (Phi) is 8.15. The number of benzene rings is 1. The van der Waals surface area contributed by atoms with Gasteiger partial charge >= 0.3 is 0 Å². The largest absolute Gasteiger partial charge is 0.380 e. The second-order valence-corrected chi connectivity index (χ2v) is 13.2. The molecule has 4 heterocycles. The summed E-state index contributed by atoms with van der Waals surface area (Å²) in [4.78, 5) is 25.1. The summed E-state index contributed by atoms with van der Waals surface area (Å²) in [5, 5.41) is 3.54. The lowest BCUT2D eigenvalue weighted by Gasteiger charge is -2.33. The first-order valence-corrected chi connectivity index (χ1v) is 15.7. The molecule has 0 saturated carbocycles. The van der Waals surface area contributed by atoms with Crippen molar-refractivity contribution < 1.29 is 17.9 Å². The van der Waals surface area contributed by atoms with E-state index in [-0.39, 0.29) is 12.5 Å². The highest BCUT2D eigenvalue weighted by atomic mass is 32.2. The molecule has 0 aliphatic carbocycles. The summed E-state index contributed by atoms with van der Waals surface area (Å²) in [6.07, 6.45) is 1.90. The summed E-state index contributed by atoms with van der Waals surface area (Å²) in [5.74, 6) is 0.127. The number of hydrogen-bond acceptors (Lipinski definition) is 8. The van der Waals surface area contributed by atoms with E-state index in [1.165, 1.54) is 15.6 Å². The molecule has 1 saturated heterocycles. The summed E-state index contributed by atoms with van der Waals surface area (Å²) < 4.78 is 34.4. The van der Waals surface area contributed by atoms with Gasteiger partial charge in [-0.3, -0.25) is 14.0 Å². The van der Waals surface area contributed by atoms with Gasteiger partial charge in [0.05, 0.1) is 30.0 Å². The maximum absolute atomic E-state index is 13.6. The summed E-state index contributed by atoms with van der Waals surface area (Å²) in [7, 11) is -3.75. The van der Waals surface area contributed by atoms with Crippen molar-refractivity contribution in [2.24, 2.45) is 0 Å². The number of rotatable bonds is 10. The average molecular weight is 574 g/mol. The third kappa shape index (κ3) is 5.64. The zero-order valence-electron chi connectivity index (χ0n) is 21.4. The third-order valence-corrected chi connectivity index (χ3v) is 10.8. The first-order valence-electron chi connectivity index (χ1n) is 12.6. The number of nitrogens with zero attached hydrogens (tertiary/aromatic N) is 4. The van der Waals surface area contributed by atoms with Gasteiger partial charge in [0.25, 0.3) is 10.0 Å². The molecule has 0 radical (unpaired) electrons. The molecule has 1 fully saturated rings. The van der Waals surface area contributed by atoms with Crippen LogP contribution in [0.3, 0.4) is 0 Å². The fourth-order valence-electron chi connectivity index (χ4n) is 4.59.